The van der Waals surface area contributed by atoms with Crippen LogP contribution in [0.1, 0.15) is 12.8 Å². The molecule has 15 heavy (non-hydrogen) atoms. The number of nitrogens with zero attached hydrogens (tertiary/aromatic N) is 2. The quantitative estimate of drug-likeness (QED) is 0.616. The Balaban J connectivity index is 2.60. The first kappa shape index (κ1) is 12.1. The Bertz CT molecular complexity index is 240. The standard InChI is InChI=1S/C9H15F3N2O/c1-13(2)8(15)14-5-3-4-7(6-14)9(10,11)12/h7H,3-6H2,1-2H3/t7-/m1/s1. The third-order valence-electron chi connectivity index (χ3n) is 2.54. The van der Waals surface area contributed by atoms with Gasteiger partial charge in [0.1, 0.15) is 0 Å². The highest BCUT2D eigenvalue weighted by Crippen LogP contribution is 2.33. The third-order valence-corrected chi connectivity index (χ3v) is 2.54. The Labute approximate surface area is 86.8 Å². The molecule has 2 amide bonds. The fraction of sp³-hybridized carbons (Fsp3) is 0.889. The molecule has 0 unspecified atom stereocenters. The van der Waals surface area contributed by atoms with Crippen LogP contribution >= 0.6 is 0 Å². The molecule has 88 valence electrons. The van der Waals surface area contributed by atoms with E-state index in [1.54, 1.807) is 14.1 Å². The molecule has 0 radical (unpaired) electrons. The molecule has 1 saturated heterocycles. The van der Waals surface area contributed by atoms with E-state index in [0.29, 0.717) is 13.0 Å². The van der Waals surface area contributed by atoms with Crippen LogP contribution in [0.25, 0.3) is 0 Å². The molecule has 0 aromatic carbocycles. The second kappa shape index (κ2) is 4.28. The van der Waals surface area contributed by atoms with Crippen LogP contribution in [0.2, 0.25) is 0 Å². The smallest absolute Gasteiger partial charge is 0.331 e. The highest BCUT2D eigenvalue weighted by atomic mass is 19.4. The van der Waals surface area contributed by atoms with Gasteiger partial charge in [-0.25, -0.2) is 4.79 Å². The first-order valence-electron chi connectivity index (χ1n) is 4.85. The molecule has 0 spiro atoms. The number of piperidine rings is 1. The van der Waals surface area contributed by atoms with E-state index in [4.69, 9.17) is 0 Å². The van der Waals surface area contributed by atoms with Gasteiger partial charge in [0.25, 0.3) is 0 Å². The molecule has 1 rings (SSSR count). The number of amides is 2. The van der Waals surface area contributed by atoms with Gasteiger partial charge in [-0.15, -0.1) is 0 Å². The minimum absolute atomic E-state index is 0.126. The van der Waals surface area contributed by atoms with Crippen molar-refractivity contribution in [1.29, 1.82) is 0 Å². The topological polar surface area (TPSA) is 23.6 Å². The van der Waals surface area contributed by atoms with Gasteiger partial charge in [-0.1, -0.05) is 0 Å². The zero-order chi connectivity index (χ0) is 11.6. The lowest BCUT2D eigenvalue weighted by Crippen LogP contribution is -2.48. The largest absolute Gasteiger partial charge is 0.393 e. The van der Waals surface area contributed by atoms with Crippen molar-refractivity contribution in [3.8, 4) is 0 Å². The number of alkyl halides is 3. The van der Waals surface area contributed by atoms with Gasteiger partial charge in [0, 0.05) is 27.2 Å². The molecule has 6 heteroatoms. The molecule has 0 bridgehead atoms. The molecule has 0 aromatic heterocycles. The van der Waals surface area contributed by atoms with E-state index in [2.05, 4.69) is 0 Å². The summed E-state index contributed by atoms with van der Waals surface area (Å²) in [7, 11) is 3.08. The molecule has 1 heterocycles. The van der Waals surface area contributed by atoms with E-state index in [1.165, 1.54) is 9.80 Å². The summed E-state index contributed by atoms with van der Waals surface area (Å²) >= 11 is 0. The number of halogens is 3. The van der Waals surface area contributed by atoms with Crippen molar-refractivity contribution in [1.82, 2.24) is 9.80 Å². The fourth-order valence-corrected chi connectivity index (χ4v) is 1.70. The second-order valence-corrected chi connectivity index (χ2v) is 4.00. The minimum atomic E-state index is -4.19. The molecule has 1 aliphatic heterocycles. The summed E-state index contributed by atoms with van der Waals surface area (Å²) in [4.78, 5) is 14.0. The summed E-state index contributed by atoms with van der Waals surface area (Å²) in [5.74, 6) is -1.37. The van der Waals surface area contributed by atoms with Gasteiger partial charge in [-0.2, -0.15) is 13.2 Å². The predicted molar refractivity (Wildman–Crippen MR) is 49.4 cm³/mol. The molecule has 0 saturated carbocycles. The van der Waals surface area contributed by atoms with Crippen LogP contribution in [0, 0.1) is 5.92 Å². The van der Waals surface area contributed by atoms with Crippen LogP contribution in [0.4, 0.5) is 18.0 Å². The van der Waals surface area contributed by atoms with Crippen molar-refractivity contribution in [3.63, 3.8) is 0 Å². The van der Waals surface area contributed by atoms with Gasteiger partial charge in [0.15, 0.2) is 0 Å². The van der Waals surface area contributed by atoms with Gasteiger partial charge in [-0.05, 0) is 12.8 Å². The van der Waals surface area contributed by atoms with Crippen molar-refractivity contribution in [3.05, 3.63) is 0 Å². The van der Waals surface area contributed by atoms with Crippen molar-refractivity contribution in [2.75, 3.05) is 27.2 Å². The van der Waals surface area contributed by atoms with E-state index in [1.807, 2.05) is 0 Å². The van der Waals surface area contributed by atoms with Gasteiger partial charge in [-0.3, -0.25) is 0 Å². The summed E-state index contributed by atoms with van der Waals surface area (Å²) in [5.41, 5.74) is 0. The maximum absolute atomic E-state index is 12.4. The first-order valence-corrected chi connectivity index (χ1v) is 4.85. The van der Waals surface area contributed by atoms with E-state index in [0.717, 1.165) is 0 Å². The lowest BCUT2D eigenvalue weighted by molar-refractivity contribution is -0.184. The summed E-state index contributed by atoms with van der Waals surface area (Å²) in [6.45, 7) is 0.212. The molecule has 0 N–H and O–H groups in total. The monoisotopic (exact) mass is 224 g/mol. The lowest BCUT2D eigenvalue weighted by atomic mass is 9.98. The maximum atomic E-state index is 12.4. The summed E-state index contributed by atoms with van der Waals surface area (Å²) < 4.78 is 37.3. The zero-order valence-corrected chi connectivity index (χ0v) is 8.84. The Kier molecular flexibility index (Phi) is 3.46. The Hall–Kier alpha value is -0.940. The number of carbonyl (C=O) groups excluding carboxylic acids is 1. The molecule has 1 atom stereocenters. The van der Waals surface area contributed by atoms with Crippen LogP contribution in [0.15, 0.2) is 0 Å². The molecule has 3 nitrogen and oxygen atoms in total. The highest BCUT2D eigenvalue weighted by molar-refractivity contribution is 5.73. The number of likely N-dealkylation sites (tertiary alicyclic amines) is 1. The van der Waals surface area contributed by atoms with E-state index < -0.39 is 12.1 Å². The van der Waals surface area contributed by atoms with Gasteiger partial charge in [0.05, 0.1) is 5.92 Å². The van der Waals surface area contributed by atoms with Crippen LogP contribution < -0.4 is 0 Å². The summed E-state index contributed by atoms with van der Waals surface area (Å²) in [6, 6.07) is -0.344. The molecule has 0 aliphatic carbocycles. The first-order chi connectivity index (χ1) is 6.82. The number of hydrogen-bond acceptors (Lipinski definition) is 1. The average molecular weight is 224 g/mol. The minimum Gasteiger partial charge on any atom is -0.331 e. The normalized spacial score (nSPS) is 22.7. The Morgan fingerprint density at radius 2 is 2.00 bits per heavy atom. The Morgan fingerprint density at radius 1 is 1.40 bits per heavy atom. The molecule has 1 fully saturated rings. The number of urea groups is 1. The third kappa shape index (κ3) is 3.00. The van der Waals surface area contributed by atoms with E-state index in [9.17, 15) is 18.0 Å². The number of hydrogen-bond donors (Lipinski definition) is 0. The number of carbonyl (C=O) groups is 1. The van der Waals surface area contributed by atoms with E-state index >= 15 is 0 Å². The Morgan fingerprint density at radius 3 is 2.47 bits per heavy atom. The van der Waals surface area contributed by atoms with Crippen LogP contribution in [0.5, 0.6) is 0 Å². The van der Waals surface area contributed by atoms with Gasteiger partial charge in [0.2, 0.25) is 0 Å². The summed E-state index contributed by atoms with van der Waals surface area (Å²) in [6.07, 6.45) is -3.64. The van der Waals surface area contributed by atoms with Crippen LogP contribution in [-0.4, -0.2) is 49.2 Å². The molecule has 0 aromatic rings. The molecular formula is C9H15F3N2O. The summed E-state index contributed by atoms with van der Waals surface area (Å²) in [5, 5.41) is 0. The van der Waals surface area contributed by atoms with Crippen molar-refractivity contribution in [2.24, 2.45) is 5.92 Å². The number of rotatable bonds is 0. The van der Waals surface area contributed by atoms with Crippen molar-refractivity contribution in [2.45, 2.75) is 19.0 Å². The van der Waals surface area contributed by atoms with Gasteiger partial charge >= 0.3 is 12.2 Å². The highest BCUT2D eigenvalue weighted by Gasteiger charge is 2.42. The maximum Gasteiger partial charge on any atom is 0.393 e. The van der Waals surface area contributed by atoms with Crippen molar-refractivity contribution < 1.29 is 18.0 Å². The van der Waals surface area contributed by atoms with Gasteiger partial charge < -0.3 is 9.80 Å². The van der Waals surface area contributed by atoms with Crippen molar-refractivity contribution >= 4 is 6.03 Å². The van der Waals surface area contributed by atoms with Crippen LogP contribution in [-0.2, 0) is 0 Å². The lowest BCUT2D eigenvalue weighted by Gasteiger charge is -2.35. The fourth-order valence-electron chi connectivity index (χ4n) is 1.70. The predicted octanol–water partition coefficient (Wildman–Crippen LogP) is 1.94. The SMILES string of the molecule is CN(C)C(=O)N1CCC[C@@H](C(F)(F)F)C1. The zero-order valence-electron chi connectivity index (χ0n) is 8.84. The second-order valence-electron chi connectivity index (χ2n) is 4.00. The molecule has 1 aliphatic rings. The van der Waals surface area contributed by atoms with E-state index in [-0.39, 0.29) is 19.0 Å². The molecular weight excluding hydrogens is 209 g/mol. The average Bonchev–Trinajstić information content (AvgIpc) is 2.15. The van der Waals surface area contributed by atoms with Crippen LogP contribution in [0.3, 0.4) is 0 Å².